The Morgan fingerprint density at radius 1 is 1.10 bits per heavy atom. The second-order valence-electron chi connectivity index (χ2n) is 7.78. The second kappa shape index (κ2) is 9.03. The monoisotopic (exact) mass is 455 g/mol. The normalized spacial score (nSPS) is 13.3. The Hall–Kier alpha value is -1.62. The minimum absolute atomic E-state index is 0.153. The van der Waals surface area contributed by atoms with Crippen LogP contribution in [0.15, 0.2) is 12.3 Å². The summed E-state index contributed by atoms with van der Waals surface area (Å²) in [6.45, 7) is 10.1. The van der Waals surface area contributed by atoms with Crippen LogP contribution in [0.5, 0.6) is 5.75 Å². The van der Waals surface area contributed by atoms with Gasteiger partial charge in [0.15, 0.2) is 5.75 Å². The van der Waals surface area contributed by atoms with Gasteiger partial charge in [-0.2, -0.15) is 21.6 Å². The van der Waals surface area contributed by atoms with E-state index in [2.05, 4.69) is 9.17 Å². The molecule has 0 N–H and O–H groups in total. The van der Waals surface area contributed by atoms with Crippen molar-refractivity contribution in [3.8, 4) is 5.75 Å². The van der Waals surface area contributed by atoms with Gasteiger partial charge in [-0.05, 0) is 32.0 Å². The highest BCUT2D eigenvalue weighted by Gasteiger charge is 2.50. The number of hydrogen-bond acceptors (Lipinski definition) is 6. The standard InChI is InChI=1S/C18H28F3NO5SSi/c1-7-29(8-2,9-3)14-10-11-22-13(12-26-16(23)17(4,5)6)15(14)27-28(24,25)18(19,20)21/h10-11H,7-9,12H2,1-6H3. The maximum atomic E-state index is 13.0. The van der Waals surface area contributed by atoms with Crippen LogP contribution in [0.2, 0.25) is 18.1 Å². The Morgan fingerprint density at radius 3 is 2.03 bits per heavy atom. The van der Waals surface area contributed by atoms with E-state index in [0.717, 1.165) is 0 Å². The van der Waals surface area contributed by atoms with Crippen LogP contribution < -0.4 is 9.37 Å². The summed E-state index contributed by atoms with van der Waals surface area (Å²) in [6, 6.07) is 3.54. The lowest BCUT2D eigenvalue weighted by Gasteiger charge is -2.31. The number of pyridine rings is 1. The van der Waals surface area contributed by atoms with Gasteiger partial charge < -0.3 is 8.92 Å². The van der Waals surface area contributed by atoms with Crippen LogP contribution in [-0.4, -0.2) is 33.0 Å². The van der Waals surface area contributed by atoms with Crippen LogP contribution in [0, 0.1) is 5.41 Å². The Morgan fingerprint density at radius 2 is 1.62 bits per heavy atom. The zero-order chi connectivity index (χ0) is 22.7. The first-order valence-corrected chi connectivity index (χ1v) is 13.3. The van der Waals surface area contributed by atoms with Gasteiger partial charge in [0.25, 0.3) is 0 Å². The summed E-state index contributed by atoms with van der Waals surface area (Å²) in [6.07, 6.45) is 1.38. The van der Waals surface area contributed by atoms with Crippen LogP contribution in [0.4, 0.5) is 13.2 Å². The van der Waals surface area contributed by atoms with Crippen LogP contribution in [0.25, 0.3) is 0 Å². The van der Waals surface area contributed by atoms with E-state index in [1.54, 1.807) is 20.8 Å². The van der Waals surface area contributed by atoms with Gasteiger partial charge >= 0.3 is 21.6 Å². The molecule has 0 saturated heterocycles. The molecule has 0 aliphatic carbocycles. The Labute approximate surface area is 170 Å². The molecule has 0 spiro atoms. The molecule has 166 valence electrons. The molecule has 0 unspecified atom stereocenters. The minimum Gasteiger partial charge on any atom is -0.459 e. The fourth-order valence-corrected chi connectivity index (χ4v) is 7.26. The largest absolute Gasteiger partial charge is 0.534 e. The van der Waals surface area contributed by atoms with E-state index in [1.165, 1.54) is 12.3 Å². The summed E-state index contributed by atoms with van der Waals surface area (Å²) in [5.41, 5.74) is -6.58. The average molecular weight is 456 g/mol. The Bertz CT molecular complexity index is 823. The van der Waals surface area contributed by atoms with Crippen LogP contribution >= 0.6 is 0 Å². The molecule has 0 aliphatic heterocycles. The van der Waals surface area contributed by atoms with Crippen molar-refractivity contribution in [3.05, 3.63) is 18.0 Å². The predicted octanol–water partition coefficient (Wildman–Crippen LogP) is 4.11. The summed E-state index contributed by atoms with van der Waals surface area (Å²) in [5, 5.41) is 0.426. The molecule has 0 aromatic carbocycles. The molecule has 0 atom stereocenters. The van der Waals surface area contributed by atoms with E-state index < -0.39 is 47.4 Å². The number of esters is 1. The number of hydrogen-bond donors (Lipinski definition) is 0. The zero-order valence-corrected chi connectivity index (χ0v) is 19.3. The van der Waals surface area contributed by atoms with Crippen molar-refractivity contribution >= 4 is 29.3 Å². The molecule has 0 saturated carbocycles. The topological polar surface area (TPSA) is 82.6 Å². The molecule has 0 amide bonds. The third-order valence-electron chi connectivity index (χ3n) is 5.01. The number of carbonyl (C=O) groups is 1. The van der Waals surface area contributed by atoms with Crippen molar-refractivity contribution in [2.75, 3.05) is 0 Å². The average Bonchev–Trinajstić information content (AvgIpc) is 2.61. The van der Waals surface area contributed by atoms with E-state index in [9.17, 15) is 26.4 Å². The summed E-state index contributed by atoms with van der Waals surface area (Å²) >= 11 is 0. The van der Waals surface area contributed by atoms with Gasteiger partial charge in [-0.3, -0.25) is 9.78 Å². The van der Waals surface area contributed by atoms with E-state index in [4.69, 9.17) is 4.74 Å². The maximum absolute atomic E-state index is 13.0. The first-order valence-electron chi connectivity index (χ1n) is 9.31. The molecule has 0 radical (unpaired) electrons. The lowest BCUT2D eigenvalue weighted by atomic mass is 9.97. The van der Waals surface area contributed by atoms with Crippen LogP contribution in [0.3, 0.4) is 0 Å². The number of nitrogens with zero attached hydrogens (tertiary/aromatic N) is 1. The zero-order valence-electron chi connectivity index (χ0n) is 17.5. The van der Waals surface area contributed by atoms with Gasteiger partial charge in [-0.25, -0.2) is 0 Å². The SMILES string of the molecule is CC[Si](CC)(CC)c1ccnc(COC(=O)C(C)(C)C)c1OS(=O)(=O)C(F)(F)F. The first kappa shape index (κ1) is 25.4. The number of ether oxygens (including phenoxy) is 1. The van der Waals surface area contributed by atoms with Crippen molar-refractivity contribution in [3.63, 3.8) is 0 Å². The summed E-state index contributed by atoms with van der Waals surface area (Å²) in [5.74, 6) is -1.07. The molecular formula is C18H28F3NO5SSi. The lowest BCUT2D eigenvalue weighted by molar-refractivity contribution is -0.154. The van der Waals surface area contributed by atoms with Gasteiger partial charge in [0.1, 0.15) is 12.3 Å². The number of alkyl halides is 3. The first-order chi connectivity index (χ1) is 13.1. The second-order valence-corrected chi connectivity index (χ2v) is 14.5. The van der Waals surface area contributed by atoms with Crippen LogP contribution in [-0.2, 0) is 26.3 Å². The van der Waals surface area contributed by atoms with Crippen molar-refractivity contribution in [2.45, 2.75) is 71.8 Å². The van der Waals surface area contributed by atoms with Crippen LogP contribution in [0.1, 0.15) is 47.2 Å². The molecule has 6 nitrogen and oxygen atoms in total. The van der Waals surface area contributed by atoms with E-state index in [-0.39, 0.29) is 5.69 Å². The molecule has 11 heteroatoms. The fraction of sp³-hybridized carbons (Fsp3) is 0.667. The molecular weight excluding hydrogens is 427 g/mol. The number of aromatic nitrogens is 1. The highest BCUT2D eigenvalue weighted by Crippen LogP contribution is 2.32. The molecule has 0 aliphatic rings. The van der Waals surface area contributed by atoms with Crippen molar-refractivity contribution in [2.24, 2.45) is 5.41 Å². The Balaban J connectivity index is 3.57. The minimum atomic E-state index is -5.91. The Kier molecular flexibility index (Phi) is 7.91. The van der Waals surface area contributed by atoms with Gasteiger partial charge in [0.2, 0.25) is 0 Å². The fourth-order valence-electron chi connectivity index (χ4n) is 2.93. The van der Waals surface area contributed by atoms with Gasteiger partial charge in [-0.1, -0.05) is 38.9 Å². The number of halogens is 3. The van der Waals surface area contributed by atoms with Crippen molar-refractivity contribution < 1.29 is 35.3 Å². The molecule has 29 heavy (non-hydrogen) atoms. The number of rotatable bonds is 8. The van der Waals surface area contributed by atoms with E-state index in [0.29, 0.717) is 23.3 Å². The van der Waals surface area contributed by atoms with Gasteiger partial charge in [0.05, 0.1) is 13.5 Å². The summed E-state index contributed by atoms with van der Waals surface area (Å²) < 4.78 is 72.2. The third kappa shape index (κ3) is 5.71. The summed E-state index contributed by atoms with van der Waals surface area (Å²) in [7, 11) is -8.26. The smallest absolute Gasteiger partial charge is 0.459 e. The van der Waals surface area contributed by atoms with Gasteiger partial charge in [0, 0.05) is 6.20 Å². The summed E-state index contributed by atoms with van der Waals surface area (Å²) in [4.78, 5) is 16.0. The quantitative estimate of drug-likeness (QED) is 0.254. The van der Waals surface area contributed by atoms with E-state index >= 15 is 0 Å². The molecule has 0 fully saturated rings. The van der Waals surface area contributed by atoms with Crippen molar-refractivity contribution in [1.82, 2.24) is 4.98 Å². The predicted molar refractivity (Wildman–Crippen MR) is 106 cm³/mol. The highest BCUT2D eigenvalue weighted by molar-refractivity contribution is 7.88. The molecule has 0 bridgehead atoms. The van der Waals surface area contributed by atoms with E-state index in [1.807, 2.05) is 20.8 Å². The third-order valence-corrected chi connectivity index (χ3v) is 11.6. The lowest BCUT2D eigenvalue weighted by Crippen LogP contribution is -2.47. The van der Waals surface area contributed by atoms with Crippen molar-refractivity contribution in [1.29, 1.82) is 0 Å². The maximum Gasteiger partial charge on any atom is 0.534 e. The highest BCUT2D eigenvalue weighted by atomic mass is 32.2. The molecule has 1 heterocycles. The number of carbonyl (C=O) groups excluding carboxylic acids is 1. The molecule has 1 aromatic rings. The molecule has 1 aromatic heterocycles. The van der Waals surface area contributed by atoms with Gasteiger partial charge in [-0.15, -0.1) is 0 Å². The molecule has 1 rings (SSSR count).